The van der Waals surface area contributed by atoms with E-state index in [1.165, 1.54) is 11.8 Å². The van der Waals surface area contributed by atoms with Crippen LogP contribution in [0.3, 0.4) is 0 Å². The molecule has 0 aliphatic heterocycles. The Labute approximate surface area is 151 Å². The fraction of sp³-hybridized carbons (Fsp3) is 0.263. The van der Waals surface area contributed by atoms with Crippen molar-refractivity contribution in [1.82, 2.24) is 10.2 Å². The largest absolute Gasteiger partial charge is 0.494 e. The van der Waals surface area contributed by atoms with Crippen molar-refractivity contribution in [2.75, 3.05) is 19.0 Å². The molecule has 5 nitrogen and oxygen atoms in total. The lowest BCUT2D eigenvalue weighted by molar-refractivity contribution is 0.318. The predicted molar refractivity (Wildman–Crippen MR) is 98.2 cm³/mol. The van der Waals surface area contributed by atoms with Crippen LogP contribution in [0.1, 0.15) is 13.3 Å². The first kappa shape index (κ1) is 17.4. The van der Waals surface area contributed by atoms with Crippen LogP contribution in [-0.4, -0.2) is 29.2 Å². The van der Waals surface area contributed by atoms with E-state index in [0.717, 1.165) is 29.2 Å². The van der Waals surface area contributed by atoms with Gasteiger partial charge in [0.1, 0.15) is 11.5 Å². The molecule has 0 unspecified atom stereocenters. The molecule has 0 saturated heterocycles. The third kappa shape index (κ3) is 5.00. The molecule has 0 bridgehead atoms. The van der Waals surface area contributed by atoms with Gasteiger partial charge in [0.15, 0.2) is 0 Å². The van der Waals surface area contributed by atoms with E-state index in [0.29, 0.717) is 24.3 Å². The average molecular weight is 356 g/mol. The molecular formula is C19H20N2O3S. The van der Waals surface area contributed by atoms with Gasteiger partial charge >= 0.3 is 0 Å². The van der Waals surface area contributed by atoms with Crippen molar-refractivity contribution in [2.45, 2.75) is 18.6 Å². The van der Waals surface area contributed by atoms with Gasteiger partial charge in [-0.15, -0.1) is 10.2 Å². The summed E-state index contributed by atoms with van der Waals surface area (Å²) in [5.41, 5.74) is 0.816. The lowest BCUT2D eigenvalue weighted by Crippen LogP contribution is -1.98. The molecule has 1 aromatic heterocycles. The van der Waals surface area contributed by atoms with Gasteiger partial charge in [-0.3, -0.25) is 0 Å². The van der Waals surface area contributed by atoms with Gasteiger partial charge in [0.2, 0.25) is 0 Å². The zero-order valence-corrected chi connectivity index (χ0v) is 14.9. The number of benzene rings is 2. The highest BCUT2D eigenvalue weighted by atomic mass is 32.2. The molecule has 2 aromatic carbocycles. The normalized spacial score (nSPS) is 10.6. The second-order valence-electron chi connectivity index (χ2n) is 5.17. The van der Waals surface area contributed by atoms with Crippen molar-refractivity contribution < 1.29 is 13.9 Å². The third-order valence-corrected chi connectivity index (χ3v) is 4.25. The summed E-state index contributed by atoms with van der Waals surface area (Å²) in [7, 11) is 0. The maximum atomic E-state index is 5.74. The zero-order valence-electron chi connectivity index (χ0n) is 14.1. The molecule has 3 rings (SSSR count). The van der Waals surface area contributed by atoms with E-state index in [-0.39, 0.29) is 0 Å². The number of hydrogen-bond acceptors (Lipinski definition) is 6. The fourth-order valence-electron chi connectivity index (χ4n) is 2.23. The summed E-state index contributed by atoms with van der Waals surface area (Å²) >= 11 is 1.53. The topological polar surface area (TPSA) is 57.4 Å². The molecule has 0 aliphatic carbocycles. The maximum Gasteiger partial charge on any atom is 0.276 e. The molecule has 1 heterocycles. The van der Waals surface area contributed by atoms with Crippen molar-refractivity contribution in [3.05, 3.63) is 54.6 Å². The Bertz CT molecular complexity index is 777. The number of rotatable bonds is 9. The van der Waals surface area contributed by atoms with Crippen molar-refractivity contribution >= 4 is 11.8 Å². The molecule has 0 fully saturated rings. The number of para-hydroxylation sites is 2. The minimum Gasteiger partial charge on any atom is -0.494 e. The van der Waals surface area contributed by atoms with Crippen LogP contribution in [0, 0.1) is 0 Å². The molecule has 3 aromatic rings. The monoisotopic (exact) mass is 356 g/mol. The second kappa shape index (κ2) is 9.13. The Balaban J connectivity index is 1.49. The highest BCUT2D eigenvalue weighted by Gasteiger charge is 2.13. The third-order valence-electron chi connectivity index (χ3n) is 3.35. The van der Waals surface area contributed by atoms with Gasteiger partial charge in [-0.2, -0.15) is 0 Å². The van der Waals surface area contributed by atoms with E-state index in [1.54, 1.807) is 0 Å². The fourth-order valence-corrected chi connectivity index (χ4v) is 2.90. The first-order valence-electron chi connectivity index (χ1n) is 8.23. The molecule has 0 saturated carbocycles. The highest BCUT2D eigenvalue weighted by molar-refractivity contribution is 7.99. The number of hydrogen-bond donors (Lipinski definition) is 0. The molecule has 0 radical (unpaired) electrons. The molecule has 6 heteroatoms. The molecule has 0 atom stereocenters. The van der Waals surface area contributed by atoms with Crippen molar-refractivity contribution in [3.8, 4) is 23.0 Å². The second-order valence-corrected chi connectivity index (χ2v) is 6.21. The van der Waals surface area contributed by atoms with Crippen molar-refractivity contribution in [1.29, 1.82) is 0 Å². The van der Waals surface area contributed by atoms with Gasteiger partial charge < -0.3 is 13.9 Å². The first-order chi connectivity index (χ1) is 12.4. The number of thioether (sulfide) groups is 1. The SMILES string of the molecule is CCOc1ccccc1-c1nnc(SCCCOc2ccccc2)o1. The Morgan fingerprint density at radius 1 is 0.960 bits per heavy atom. The Kier molecular flexibility index (Phi) is 6.34. The van der Waals surface area contributed by atoms with Crippen molar-refractivity contribution in [2.24, 2.45) is 0 Å². The van der Waals surface area contributed by atoms with Gasteiger partial charge in [0.05, 0.1) is 18.8 Å². The number of ether oxygens (including phenoxy) is 2. The van der Waals surface area contributed by atoms with Gasteiger partial charge in [-0.1, -0.05) is 42.1 Å². The zero-order chi connectivity index (χ0) is 17.3. The van der Waals surface area contributed by atoms with E-state index < -0.39 is 0 Å². The summed E-state index contributed by atoms with van der Waals surface area (Å²) in [5.74, 6) is 2.97. The molecule has 0 spiro atoms. The average Bonchev–Trinajstić information content (AvgIpc) is 3.12. The highest BCUT2D eigenvalue weighted by Crippen LogP contribution is 2.30. The minimum atomic E-state index is 0.479. The van der Waals surface area contributed by atoms with Gasteiger partial charge in [-0.25, -0.2) is 0 Å². The molecule has 0 aliphatic rings. The summed E-state index contributed by atoms with van der Waals surface area (Å²) in [6, 6.07) is 17.5. The van der Waals surface area contributed by atoms with E-state index in [9.17, 15) is 0 Å². The maximum absolute atomic E-state index is 5.74. The van der Waals surface area contributed by atoms with Crippen LogP contribution >= 0.6 is 11.8 Å². The summed E-state index contributed by atoms with van der Waals surface area (Å²) in [4.78, 5) is 0. The van der Waals surface area contributed by atoms with E-state index >= 15 is 0 Å². The lowest BCUT2D eigenvalue weighted by Gasteiger charge is -2.06. The Morgan fingerprint density at radius 2 is 1.76 bits per heavy atom. The van der Waals surface area contributed by atoms with Gasteiger partial charge in [0.25, 0.3) is 11.1 Å². The number of aromatic nitrogens is 2. The smallest absolute Gasteiger partial charge is 0.276 e. The molecule has 130 valence electrons. The molecular weight excluding hydrogens is 336 g/mol. The van der Waals surface area contributed by atoms with Crippen LogP contribution in [0.5, 0.6) is 11.5 Å². The summed E-state index contributed by atoms with van der Waals surface area (Å²) in [5, 5.41) is 8.78. The molecule has 0 amide bonds. The van der Waals surface area contributed by atoms with Crippen LogP contribution in [-0.2, 0) is 0 Å². The summed E-state index contributed by atoms with van der Waals surface area (Å²) in [6.07, 6.45) is 0.896. The van der Waals surface area contributed by atoms with Crippen LogP contribution < -0.4 is 9.47 Å². The van der Waals surface area contributed by atoms with E-state index in [4.69, 9.17) is 13.9 Å². The van der Waals surface area contributed by atoms with E-state index in [1.807, 2.05) is 61.5 Å². The Morgan fingerprint density at radius 3 is 2.60 bits per heavy atom. The summed E-state index contributed by atoms with van der Waals surface area (Å²) < 4.78 is 17.0. The van der Waals surface area contributed by atoms with E-state index in [2.05, 4.69) is 10.2 Å². The standard InChI is InChI=1S/C19H20N2O3S/c1-2-22-17-12-7-6-11-16(17)18-20-21-19(24-18)25-14-8-13-23-15-9-4-3-5-10-15/h3-7,9-12H,2,8,13-14H2,1H3. The van der Waals surface area contributed by atoms with Crippen LogP contribution in [0.25, 0.3) is 11.5 Å². The van der Waals surface area contributed by atoms with Crippen LogP contribution in [0.15, 0.2) is 64.2 Å². The van der Waals surface area contributed by atoms with Gasteiger partial charge in [-0.05, 0) is 37.6 Å². The van der Waals surface area contributed by atoms with Crippen LogP contribution in [0.4, 0.5) is 0 Å². The summed E-state index contributed by atoms with van der Waals surface area (Å²) in [6.45, 7) is 3.20. The lowest BCUT2D eigenvalue weighted by atomic mass is 10.2. The molecule has 25 heavy (non-hydrogen) atoms. The van der Waals surface area contributed by atoms with Crippen LogP contribution in [0.2, 0.25) is 0 Å². The Hall–Kier alpha value is -2.47. The quantitative estimate of drug-likeness (QED) is 0.409. The molecule has 0 N–H and O–H groups in total. The van der Waals surface area contributed by atoms with Crippen molar-refractivity contribution in [3.63, 3.8) is 0 Å². The van der Waals surface area contributed by atoms with Gasteiger partial charge in [0, 0.05) is 5.75 Å². The minimum absolute atomic E-state index is 0.479. The predicted octanol–water partition coefficient (Wildman–Crippen LogP) is 4.70. The number of nitrogens with zero attached hydrogens (tertiary/aromatic N) is 2. The first-order valence-corrected chi connectivity index (χ1v) is 9.21.